The van der Waals surface area contributed by atoms with Gasteiger partial charge >= 0.3 is 0 Å². The first-order valence-electron chi connectivity index (χ1n) is 6.94. The van der Waals surface area contributed by atoms with E-state index in [4.69, 9.17) is 0 Å². The van der Waals surface area contributed by atoms with Crippen molar-refractivity contribution in [3.63, 3.8) is 0 Å². The Balaban J connectivity index is 2.77. The fraction of sp³-hybridized carbons (Fsp3) is 1.00. The van der Waals surface area contributed by atoms with Crippen molar-refractivity contribution in [1.82, 2.24) is 10.2 Å². The second kappa shape index (κ2) is 5.50. The molecule has 0 aromatic carbocycles. The summed E-state index contributed by atoms with van der Waals surface area (Å²) in [4.78, 5) is 2.73. The van der Waals surface area contributed by atoms with Gasteiger partial charge in [-0.15, -0.1) is 0 Å². The number of nitrogens with zero attached hydrogens (tertiary/aromatic N) is 1. The molecular formula is C14H30N2. The van der Waals surface area contributed by atoms with Crippen molar-refractivity contribution < 1.29 is 0 Å². The molecular weight excluding hydrogens is 196 g/mol. The molecule has 0 radical (unpaired) electrons. The fourth-order valence-corrected chi connectivity index (χ4v) is 2.62. The van der Waals surface area contributed by atoms with Crippen molar-refractivity contribution >= 4 is 0 Å². The highest BCUT2D eigenvalue weighted by molar-refractivity contribution is 4.96. The molecule has 0 spiro atoms. The molecule has 0 aromatic heterocycles. The van der Waals surface area contributed by atoms with E-state index in [0.29, 0.717) is 17.6 Å². The molecule has 1 rings (SSSR count). The zero-order chi connectivity index (χ0) is 12.3. The summed E-state index contributed by atoms with van der Waals surface area (Å²) in [5.74, 6) is 0.739. The van der Waals surface area contributed by atoms with Gasteiger partial charge in [-0.05, 0) is 32.6 Å². The lowest BCUT2D eigenvalue weighted by molar-refractivity contribution is 0.0290. The number of nitrogens with one attached hydrogen (secondary N) is 1. The molecule has 0 aromatic rings. The molecule has 1 N–H and O–H groups in total. The molecule has 0 bridgehead atoms. The van der Waals surface area contributed by atoms with Crippen LogP contribution in [0.2, 0.25) is 0 Å². The summed E-state index contributed by atoms with van der Waals surface area (Å²) in [6.45, 7) is 16.3. The van der Waals surface area contributed by atoms with E-state index in [1.165, 1.54) is 19.4 Å². The van der Waals surface area contributed by atoms with Crippen LogP contribution in [-0.4, -0.2) is 35.6 Å². The smallest absolute Gasteiger partial charge is 0.0278 e. The normalized spacial score (nSPS) is 34.3. The second-order valence-electron chi connectivity index (χ2n) is 6.04. The van der Waals surface area contributed by atoms with Gasteiger partial charge in [-0.2, -0.15) is 0 Å². The van der Waals surface area contributed by atoms with E-state index in [2.05, 4.69) is 51.8 Å². The summed E-state index contributed by atoms with van der Waals surface area (Å²) in [5.41, 5.74) is 0.314. The van der Waals surface area contributed by atoms with Gasteiger partial charge in [-0.3, -0.25) is 4.90 Å². The molecule has 16 heavy (non-hydrogen) atoms. The van der Waals surface area contributed by atoms with Crippen LogP contribution in [0.3, 0.4) is 0 Å². The van der Waals surface area contributed by atoms with Crippen LogP contribution < -0.4 is 5.32 Å². The van der Waals surface area contributed by atoms with Crippen LogP contribution in [0.5, 0.6) is 0 Å². The minimum Gasteiger partial charge on any atom is -0.309 e. The minimum absolute atomic E-state index is 0.314. The van der Waals surface area contributed by atoms with E-state index in [0.717, 1.165) is 12.5 Å². The van der Waals surface area contributed by atoms with Crippen LogP contribution in [0.4, 0.5) is 0 Å². The van der Waals surface area contributed by atoms with Crippen LogP contribution in [0.25, 0.3) is 0 Å². The number of rotatable bonds is 4. The zero-order valence-electron chi connectivity index (χ0n) is 12.0. The maximum absolute atomic E-state index is 3.74. The lowest BCUT2D eigenvalue weighted by Crippen LogP contribution is -2.65. The highest BCUT2D eigenvalue weighted by atomic mass is 15.3. The molecule has 1 saturated heterocycles. The molecule has 3 unspecified atom stereocenters. The predicted molar refractivity (Wildman–Crippen MR) is 71.8 cm³/mol. The minimum atomic E-state index is 0.314. The third-order valence-electron chi connectivity index (χ3n) is 4.40. The van der Waals surface area contributed by atoms with E-state index in [-0.39, 0.29) is 0 Å². The first kappa shape index (κ1) is 14.0. The van der Waals surface area contributed by atoms with Gasteiger partial charge in [0.25, 0.3) is 0 Å². The molecule has 0 amide bonds. The van der Waals surface area contributed by atoms with E-state index in [1.54, 1.807) is 0 Å². The molecule has 2 nitrogen and oxygen atoms in total. The second-order valence-corrected chi connectivity index (χ2v) is 6.04. The van der Waals surface area contributed by atoms with Gasteiger partial charge in [-0.25, -0.2) is 0 Å². The van der Waals surface area contributed by atoms with Gasteiger partial charge in [0.15, 0.2) is 0 Å². The summed E-state index contributed by atoms with van der Waals surface area (Å²) in [7, 11) is 0. The van der Waals surface area contributed by atoms with Gasteiger partial charge in [0.1, 0.15) is 0 Å². The standard InChI is InChI=1S/C14H30N2/c1-7-12(5)16-10-14(6,8-2)15-9-13(16)11(3)4/h11-13,15H,7-10H2,1-6H3. The Bertz CT molecular complexity index is 215. The van der Waals surface area contributed by atoms with E-state index < -0.39 is 0 Å². The quantitative estimate of drug-likeness (QED) is 0.793. The van der Waals surface area contributed by atoms with Crippen LogP contribution in [0, 0.1) is 5.92 Å². The largest absolute Gasteiger partial charge is 0.309 e. The lowest BCUT2D eigenvalue weighted by atomic mass is 9.88. The van der Waals surface area contributed by atoms with E-state index in [9.17, 15) is 0 Å². The van der Waals surface area contributed by atoms with Crippen molar-refractivity contribution in [2.24, 2.45) is 5.92 Å². The highest BCUT2D eigenvalue weighted by Gasteiger charge is 2.37. The van der Waals surface area contributed by atoms with Crippen LogP contribution >= 0.6 is 0 Å². The highest BCUT2D eigenvalue weighted by Crippen LogP contribution is 2.25. The summed E-state index contributed by atoms with van der Waals surface area (Å²) < 4.78 is 0. The molecule has 0 aliphatic carbocycles. The predicted octanol–water partition coefficient (Wildman–Crippen LogP) is 2.88. The molecule has 96 valence electrons. The van der Waals surface area contributed by atoms with Gasteiger partial charge in [0.05, 0.1) is 0 Å². The monoisotopic (exact) mass is 226 g/mol. The number of piperazine rings is 1. The van der Waals surface area contributed by atoms with Crippen molar-refractivity contribution in [2.45, 2.75) is 72.0 Å². The molecule has 2 heteroatoms. The summed E-state index contributed by atoms with van der Waals surface area (Å²) in [5, 5.41) is 3.74. The first-order chi connectivity index (χ1) is 7.43. The third kappa shape index (κ3) is 2.98. The Morgan fingerprint density at radius 3 is 2.38 bits per heavy atom. The molecule has 1 heterocycles. The van der Waals surface area contributed by atoms with Crippen molar-refractivity contribution in [2.75, 3.05) is 13.1 Å². The van der Waals surface area contributed by atoms with Gasteiger partial charge in [-0.1, -0.05) is 27.7 Å². The van der Waals surface area contributed by atoms with Gasteiger partial charge < -0.3 is 5.32 Å². The first-order valence-corrected chi connectivity index (χ1v) is 6.94. The Kier molecular flexibility index (Phi) is 4.81. The SMILES string of the molecule is CCC(C)N1CC(C)(CC)NCC1C(C)C. The number of hydrogen-bond donors (Lipinski definition) is 1. The van der Waals surface area contributed by atoms with E-state index in [1.807, 2.05) is 0 Å². The van der Waals surface area contributed by atoms with Crippen LogP contribution in [0.15, 0.2) is 0 Å². The average Bonchev–Trinajstić information content (AvgIpc) is 2.27. The van der Waals surface area contributed by atoms with Crippen LogP contribution in [-0.2, 0) is 0 Å². The molecule has 1 aliphatic rings. The Hall–Kier alpha value is -0.0800. The molecule has 1 aliphatic heterocycles. The number of hydrogen-bond acceptors (Lipinski definition) is 2. The Labute approximate surface area is 102 Å². The maximum atomic E-state index is 3.74. The topological polar surface area (TPSA) is 15.3 Å². The van der Waals surface area contributed by atoms with Gasteiger partial charge in [0, 0.05) is 30.7 Å². The Morgan fingerprint density at radius 1 is 1.31 bits per heavy atom. The van der Waals surface area contributed by atoms with E-state index >= 15 is 0 Å². The summed E-state index contributed by atoms with van der Waals surface area (Å²) in [6, 6.07) is 1.41. The molecule has 1 fully saturated rings. The molecule has 0 saturated carbocycles. The maximum Gasteiger partial charge on any atom is 0.0278 e. The lowest BCUT2D eigenvalue weighted by Gasteiger charge is -2.50. The Morgan fingerprint density at radius 2 is 1.94 bits per heavy atom. The fourth-order valence-electron chi connectivity index (χ4n) is 2.62. The summed E-state index contributed by atoms with van der Waals surface area (Å²) in [6.07, 6.45) is 2.47. The van der Waals surface area contributed by atoms with Crippen LogP contribution in [0.1, 0.15) is 54.4 Å². The third-order valence-corrected chi connectivity index (χ3v) is 4.40. The summed E-state index contributed by atoms with van der Waals surface area (Å²) >= 11 is 0. The van der Waals surface area contributed by atoms with Crippen molar-refractivity contribution in [3.8, 4) is 0 Å². The zero-order valence-corrected chi connectivity index (χ0v) is 12.0. The van der Waals surface area contributed by atoms with Gasteiger partial charge in [0.2, 0.25) is 0 Å². The van der Waals surface area contributed by atoms with Crippen molar-refractivity contribution in [1.29, 1.82) is 0 Å². The van der Waals surface area contributed by atoms with Crippen molar-refractivity contribution in [3.05, 3.63) is 0 Å². The average molecular weight is 226 g/mol. The molecule has 3 atom stereocenters.